The van der Waals surface area contributed by atoms with Crippen molar-refractivity contribution >= 4 is 14.3 Å². The molecule has 1 rings (SSSR count). The lowest BCUT2D eigenvalue weighted by Gasteiger charge is -2.19. The summed E-state index contributed by atoms with van der Waals surface area (Å²) in [7, 11) is -1.88. The number of phenols is 1. The van der Waals surface area contributed by atoms with Crippen LogP contribution in [0.3, 0.4) is 0 Å². The van der Waals surface area contributed by atoms with Crippen LogP contribution < -0.4 is 0 Å². The Morgan fingerprint density at radius 1 is 1.25 bits per heavy atom. The van der Waals surface area contributed by atoms with Crippen LogP contribution in [-0.4, -0.2) is 19.4 Å². The molecule has 0 saturated carbocycles. The van der Waals surface area contributed by atoms with Gasteiger partial charge in [-0.3, -0.25) is 0 Å². The molecule has 0 heterocycles. The van der Waals surface area contributed by atoms with Crippen molar-refractivity contribution in [2.24, 2.45) is 0 Å². The quantitative estimate of drug-likeness (QED) is 0.450. The van der Waals surface area contributed by atoms with Gasteiger partial charge in [-0.05, 0) is 43.3 Å². The molecule has 0 aliphatic heterocycles. The Balaban J connectivity index is 2.28. The lowest BCUT2D eigenvalue weighted by atomic mass is 10.1. The van der Waals surface area contributed by atoms with Gasteiger partial charge in [0.2, 0.25) is 8.32 Å². The number of carbonyl (C=O) groups excluding carboxylic acids is 1. The Kier molecular flexibility index (Phi) is 6.74. The van der Waals surface area contributed by atoms with Crippen LogP contribution in [-0.2, 0) is 20.7 Å². The number of carbonyl (C=O) groups is 1. The second kappa shape index (κ2) is 8.07. The van der Waals surface area contributed by atoms with Gasteiger partial charge < -0.3 is 9.99 Å². The van der Waals surface area contributed by atoms with Crippen LogP contribution in [0.25, 0.3) is 0 Å². The lowest BCUT2D eigenvalue weighted by Crippen LogP contribution is -2.31. The number of unbranched alkanes of at least 4 members (excludes halogenated alkanes) is 1. The van der Waals surface area contributed by atoms with Crippen LogP contribution in [0.4, 0.5) is 0 Å². The van der Waals surface area contributed by atoms with Gasteiger partial charge in [-0.15, -0.1) is 0 Å². The number of hydrogen-bond donors (Lipinski definition) is 1. The van der Waals surface area contributed by atoms with E-state index in [1.54, 1.807) is 24.3 Å². The fourth-order valence-corrected chi connectivity index (χ4v) is 3.36. The smallest absolute Gasteiger partial charge is 0.341 e. The first-order chi connectivity index (χ1) is 9.43. The standard InChI is InChI=1S/C15H24O4Si/c1-4-5-12-20(2,3)19-18-15(17)11-8-13-6-9-14(16)10-7-13/h6-7,9-10,16H,4-5,8,11-12H2,1-3H3. The number of benzene rings is 1. The molecular formula is C15H24O4Si. The Bertz CT molecular complexity index is 414. The number of hydrogen-bond acceptors (Lipinski definition) is 4. The van der Waals surface area contributed by atoms with Crippen LogP contribution in [0.5, 0.6) is 5.75 Å². The molecule has 0 fully saturated rings. The zero-order valence-electron chi connectivity index (χ0n) is 12.5. The minimum Gasteiger partial charge on any atom is -0.508 e. The Morgan fingerprint density at radius 2 is 1.90 bits per heavy atom. The van der Waals surface area contributed by atoms with Crippen molar-refractivity contribution in [2.75, 3.05) is 0 Å². The first-order valence-electron chi connectivity index (χ1n) is 7.09. The molecule has 0 radical (unpaired) electrons. The highest BCUT2D eigenvalue weighted by Gasteiger charge is 2.25. The summed E-state index contributed by atoms with van der Waals surface area (Å²) in [6.07, 6.45) is 3.08. The number of aromatic hydroxyl groups is 1. The largest absolute Gasteiger partial charge is 0.508 e. The summed E-state index contributed by atoms with van der Waals surface area (Å²) in [5.74, 6) is -0.113. The lowest BCUT2D eigenvalue weighted by molar-refractivity contribution is -0.220. The average Bonchev–Trinajstić information content (AvgIpc) is 2.42. The van der Waals surface area contributed by atoms with Gasteiger partial charge in [-0.25, -0.2) is 9.37 Å². The van der Waals surface area contributed by atoms with Gasteiger partial charge >= 0.3 is 5.97 Å². The highest BCUT2D eigenvalue weighted by atomic mass is 28.4. The molecule has 0 aliphatic rings. The molecule has 0 aromatic heterocycles. The average molecular weight is 296 g/mol. The summed E-state index contributed by atoms with van der Waals surface area (Å²) in [5, 5.41) is 9.17. The van der Waals surface area contributed by atoms with E-state index in [4.69, 9.17) is 9.46 Å². The van der Waals surface area contributed by atoms with Crippen LogP contribution >= 0.6 is 0 Å². The number of rotatable bonds is 8. The van der Waals surface area contributed by atoms with E-state index in [-0.39, 0.29) is 18.1 Å². The fraction of sp³-hybridized carbons (Fsp3) is 0.533. The Labute approximate surface area is 121 Å². The second-order valence-corrected chi connectivity index (χ2v) is 9.75. The molecule has 0 atom stereocenters. The molecule has 0 saturated heterocycles. The van der Waals surface area contributed by atoms with E-state index in [0.717, 1.165) is 24.4 Å². The van der Waals surface area contributed by atoms with Gasteiger partial charge in [0, 0.05) is 0 Å². The number of phenolic OH excluding ortho intramolecular Hbond substituents is 1. The van der Waals surface area contributed by atoms with Gasteiger partial charge in [0.05, 0.1) is 6.42 Å². The first kappa shape index (κ1) is 16.7. The van der Waals surface area contributed by atoms with Crippen molar-refractivity contribution in [3.05, 3.63) is 29.8 Å². The van der Waals surface area contributed by atoms with Gasteiger partial charge in [-0.1, -0.05) is 31.9 Å². The predicted molar refractivity (Wildman–Crippen MR) is 80.8 cm³/mol. The van der Waals surface area contributed by atoms with Crippen molar-refractivity contribution in [3.8, 4) is 5.75 Å². The molecule has 0 bridgehead atoms. The van der Waals surface area contributed by atoms with E-state index in [1.807, 2.05) is 0 Å². The minimum absolute atomic E-state index is 0.225. The van der Waals surface area contributed by atoms with Crippen molar-refractivity contribution in [1.29, 1.82) is 0 Å². The minimum atomic E-state index is -1.88. The molecule has 0 amide bonds. The molecule has 112 valence electrons. The maximum absolute atomic E-state index is 11.6. The van der Waals surface area contributed by atoms with E-state index in [9.17, 15) is 9.90 Å². The van der Waals surface area contributed by atoms with Crippen molar-refractivity contribution in [1.82, 2.24) is 0 Å². The SMILES string of the molecule is CCCC[Si](C)(C)OOC(=O)CCc1ccc(O)cc1. The monoisotopic (exact) mass is 296 g/mol. The highest BCUT2D eigenvalue weighted by molar-refractivity contribution is 6.70. The third kappa shape index (κ3) is 6.72. The summed E-state index contributed by atoms with van der Waals surface area (Å²) in [6, 6.07) is 7.80. The van der Waals surface area contributed by atoms with E-state index < -0.39 is 8.32 Å². The van der Waals surface area contributed by atoms with Gasteiger partial charge in [0.25, 0.3) is 0 Å². The van der Waals surface area contributed by atoms with Gasteiger partial charge in [0.15, 0.2) is 0 Å². The van der Waals surface area contributed by atoms with Crippen molar-refractivity contribution < 1.29 is 19.4 Å². The summed E-state index contributed by atoms with van der Waals surface area (Å²) >= 11 is 0. The molecule has 0 spiro atoms. The second-order valence-electron chi connectivity index (χ2n) is 5.57. The zero-order valence-corrected chi connectivity index (χ0v) is 13.5. The highest BCUT2D eigenvalue weighted by Crippen LogP contribution is 2.16. The van der Waals surface area contributed by atoms with Crippen LogP contribution in [0.2, 0.25) is 19.1 Å². The topological polar surface area (TPSA) is 55.8 Å². The Hall–Kier alpha value is -1.33. The number of aryl methyl sites for hydroxylation is 1. The molecule has 5 heteroatoms. The van der Waals surface area contributed by atoms with Crippen LogP contribution in [0.15, 0.2) is 24.3 Å². The molecule has 4 nitrogen and oxygen atoms in total. The molecular weight excluding hydrogens is 272 g/mol. The molecule has 20 heavy (non-hydrogen) atoms. The van der Waals surface area contributed by atoms with Gasteiger partial charge in [0.1, 0.15) is 5.75 Å². The fourth-order valence-electron chi connectivity index (χ4n) is 1.75. The summed E-state index contributed by atoms with van der Waals surface area (Å²) in [6.45, 7) is 6.24. The van der Waals surface area contributed by atoms with Crippen LogP contribution in [0, 0.1) is 0 Å². The van der Waals surface area contributed by atoms with Crippen molar-refractivity contribution in [3.63, 3.8) is 0 Å². The molecule has 0 unspecified atom stereocenters. The van der Waals surface area contributed by atoms with E-state index in [2.05, 4.69) is 20.0 Å². The summed E-state index contributed by atoms with van der Waals surface area (Å²) in [5.41, 5.74) is 0.988. The predicted octanol–water partition coefficient (Wildman–Crippen LogP) is 3.80. The normalized spacial score (nSPS) is 11.3. The van der Waals surface area contributed by atoms with E-state index in [1.165, 1.54) is 0 Å². The molecule has 0 aliphatic carbocycles. The molecule has 1 aromatic carbocycles. The third-order valence-electron chi connectivity index (χ3n) is 3.05. The maximum atomic E-state index is 11.6. The van der Waals surface area contributed by atoms with Crippen LogP contribution in [0.1, 0.15) is 31.7 Å². The summed E-state index contributed by atoms with van der Waals surface area (Å²) < 4.78 is 5.35. The Morgan fingerprint density at radius 3 is 2.50 bits per heavy atom. The molecule has 1 aromatic rings. The van der Waals surface area contributed by atoms with E-state index in [0.29, 0.717) is 6.42 Å². The third-order valence-corrected chi connectivity index (χ3v) is 5.14. The first-order valence-corrected chi connectivity index (χ1v) is 10.2. The maximum Gasteiger partial charge on any atom is 0.341 e. The zero-order chi connectivity index (χ0) is 15.0. The van der Waals surface area contributed by atoms with E-state index >= 15 is 0 Å². The van der Waals surface area contributed by atoms with Crippen molar-refractivity contribution in [2.45, 2.75) is 51.7 Å². The van der Waals surface area contributed by atoms with Gasteiger partial charge in [-0.2, -0.15) is 0 Å². The summed E-state index contributed by atoms with van der Waals surface area (Å²) in [4.78, 5) is 16.6. The molecule has 1 N–H and O–H groups in total.